The molecule has 114 valence electrons. The Hall–Kier alpha value is -2.20. The van der Waals surface area contributed by atoms with E-state index in [9.17, 15) is 4.39 Å². The molecule has 0 aliphatic rings. The summed E-state index contributed by atoms with van der Waals surface area (Å²) < 4.78 is 15.6. The van der Waals surface area contributed by atoms with Crippen LogP contribution in [-0.4, -0.2) is 21.3 Å². The number of aliphatic hydroxyl groups excluding tert-OH is 1. The summed E-state index contributed by atoms with van der Waals surface area (Å²) in [5, 5.41) is 9.15. The maximum absolute atomic E-state index is 13.5. The van der Waals surface area contributed by atoms with Crippen LogP contribution in [0.5, 0.6) is 0 Å². The number of hydrogen-bond acceptors (Lipinski definition) is 2. The monoisotopic (exact) mass is 298 g/mol. The molecule has 0 fully saturated rings. The number of aryl methyl sites for hydroxylation is 3. The van der Waals surface area contributed by atoms with Crippen LogP contribution in [-0.2, 0) is 6.54 Å². The van der Waals surface area contributed by atoms with Crippen LogP contribution in [0.25, 0.3) is 22.4 Å². The molecule has 0 saturated heterocycles. The van der Waals surface area contributed by atoms with Gasteiger partial charge in [-0.2, -0.15) is 0 Å². The van der Waals surface area contributed by atoms with Crippen molar-refractivity contribution in [1.82, 2.24) is 9.55 Å². The highest BCUT2D eigenvalue weighted by Crippen LogP contribution is 2.27. The van der Waals surface area contributed by atoms with Crippen LogP contribution in [0.1, 0.15) is 17.5 Å². The molecule has 0 aliphatic carbocycles. The van der Waals surface area contributed by atoms with E-state index in [0.29, 0.717) is 13.0 Å². The van der Waals surface area contributed by atoms with Gasteiger partial charge in [0.05, 0.1) is 11.0 Å². The molecule has 22 heavy (non-hydrogen) atoms. The van der Waals surface area contributed by atoms with Crippen molar-refractivity contribution in [3.05, 3.63) is 53.3 Å². The molecule has 0 amide bonds. The van der Waals surface area contributed by atoms with Gasteiger partial charge >= 0.3 is 0 Å². The van der Waals surface area contributed by atoms with E-state index in [1.54, 1.807) is 6.07 Å². The van der Waals surface area contributed by atoms with Crippen molar-refractivity contribution < 1.29 is 9.50 Å². The summed E-state index contributed by atoms with van der Waals surface area (Å²) in [6.45, 7) is 4.90. The van der Waals surface area contributed by atoms with Crippen LogP contribution in [0.3, 0.4) is 0 Å². The molecule has 0 saturated carbocycles. The summed E-state index contributed by atoms with van der Waals surface area (Å²) in [7, 11) is 0. The molecule has 3 nitrogen and oxygen atoms in total. The quantitative estimate of drug-likeness (QED) is 0.794. The zero-order valence-electron chi connectivity index (χ0n) is 12.8. The molecule has 1 N–H and O–H groups in total. The molecule has 0 radical (unpaired) electrons. The molecule has 0 unspecified atom stereocenters. The normalized spacial score (nSPS) is 11.3. The van der Waals surface area contributed by atoms with Gasteiger partial charge in [0.25, 0.3) is 0 Å². The predicted molar refractivity (Wildman–Crippen MR) is 86.3 cm³/mol. The number of imidazole rings is 1. The lowest BCUT2D eigenvalue weighted by Crippen LogP contribution is -2.03. The summed E-state index contributed by atoms with van der Waals surface area (Å²) in [6.07, 6.45) is 0.640. The topological polar surface area (TPSA) is 38.0 Å². The van der Waals surface area contributed by atoms with E-state index in [-0.39, 0.29) is 12.4 Å². The summed E-state index contributed by atoms with van der Waals surface area (Å²) in [6, 6.07) is 10.6. The van der Waals surface area contributed by atoms with Gasteiger partial charge in [-0.25, -0.2) is 9.37 Å². The van der Waals surface area contributed by atoms with E-state index in [1.165, 1.54) is 23.3 Å². The molecule has 3 aromatic rings. The van der Waals surface area contributed by atoms with E-state index in [4.69, 9.17) is 10.1 Å². The van der Waals surface area contributed by atoms with Crippen molar-refractivity contribution in [3.63, 3.8) is 0 Å². The highest BCUT2D eigenvalue weighted by molar-refractivity contribution is 5.82. The van der Waals surface area contributed by atoms with Crippen LogP contribution in [0, 0.1) is 19.7 Å². The Morgan fingerprint density at radius 3 is 2.64 bits per heavy atom. The van der Waals surface area contributed by atoms with E-state index in [1.807, 2.05) is 6.07 Å². The smallest absolute Gasteiger partial charge is 0.141 e. The first-order valence-electron chi connectivity index (χ1n) is 7.44. The average Bonchev–Trinajstić information content (AvgIpc) is 2.83. The van der Waals surface area contributed by atoms with Crippen LogP contribution in [0.2, 0.25) is 0 Å². The molecule has 2 aromatic carbocycles. The lowest BCUT2D eigenvalue weighted by Gasteiger charge is -2.09. The minimum atomic E-state index is -0.273. The van der Waals surface area contributed by atoms with Gasteiger partial charge in [0, 0.05) is 18.7 Å². The van der Waals surface area contributed by atoms with Gasteiger partial charge in [0.1, 0.15) is 11.6 Å². The Morgan fingerprint density at radius 1 is 1.14 bits per heavy atom. The van der Waals surface area contributed by atoms with Crippen molar-refractivity contribution in [1.29, 1.82) is 0 Å². The van der Waals surface area contributed by atoms with Crippen LogP contribution in [0.4, 0.5) is 4.39 Å². The molecule has 0 spiro atoms. The third kappa shape index (κ3) is 2.62. The Bertz CT molecular complexity index is 823. The number of halogens is 1. The fourth-order valence-corrected chi connectivity index (χ4v) is 2.68. The van der Waals surface area contributed by atoms with E-state index in [2.05, 4.69) is 30.5 Å². The van der Waals surface area contributed by atoms with Crippen LogP contribution < -0.4 is 0 Å². The van der Waals surface area contributed by atoms with Gasteiger partial charge in [0.15, 0.2) is 0 Å². The molecule has 0 aliphatic heterocycles. The molecule has 4 heteroatoms. The Morgan fingerprint density at radius 2 is 1.91 bits per heavy atom. The van der Waals surface area contributed by atoms with Crippen molar-refractivity contribution in [2.75, 3.05) is 6.61 Å². The molecule has 3 rings (SSSR count). The number of benzene rings is 2. The average molecular weight is 298 g/mol. The lowest BCUT2D eigenvalue weighted by molar-refractivity contribution is 0.281. The van der Waals surface area contributed by atoms with Crippen LogP contribution in [0.15, 0.2) is 36.4 Å². The second-order valence-corrected chi connectivity index (χ2v) is 5.60. The lowest BCUT2D eigenvalue weighted by atomic mass is 10.1. The maximum Gasteiger partial charge on any atom is 0.141 e. The molecule has 1 heterocycles. The maximum atomic E-state index is 13.5. The SMILES string of the molecule is Cc1cc2nc(-c3cccc(F)c3)n(CCCO)c2cc1C. The van der Waals surface area contributed by atoms with Crippen molar-refractivity contribution >= 4 is 11.0 Å². The standard InChI is InChI=1S/C18H19FN2O/c1-12-9-16-17(10-13(12)2)21(7-4-8-22)18(20-16)14-5-3-6-15(19)11-14/h3,5-6,9-11,22H,4,7-8H2,1-2H3. The van der Waals surface area contributed by atoms with Gasteiger partial charge in [0.2, 0.25) is 0 Å². The van der Waals surface area contributed by atoms with Gasteiger partial charge in [-0.05, 0) is 55.7 Å². The molecule has 0 atom stereocenters. The molecule has 0 bridgehead atoms. The fraction of sp³-hybridized carbons (Fsp3) is 0.278. The van der Waals surface area contributed by atoms with Gasteiger partial charge in [-0.15, -0.1) is 0 Å². The number of hydrogen-bond donors (Lipinski definition) is 1. The van der Waals surface area contributed by atoms with Gasteiger partial charge < -0.3 is 9.67 Å². The van der Waals surface area contributed by atoms with E-state index >= 15 is 0 Å². The van der Waals surface area contributed by atoms with E-state index in [0.717, 1.165) is 22.4 Å². The van der Waals surface area contributed by atoms with Crippen molar-refractivity contribution in [2.24, 2.45) is 0 Å². The Labute approximate surface area is 129 Å². The third-order valence-corrected chi connectivity index (χ3v) is 3.99. The second-order valence-electron chi connectivity index (χ2n) is 5.60. The first-order chi connectivity index (χ1) is 10.6. The second kappa shape index (κ2) is 5.89. The first-order valence-corrected chi connectivity index (χ1v) is 7.44. The van der Waals surface area contributed by atoms with Gasteiger partial charge in [-0.1, -0.05) is 12.1 Å². The minimum Gasteiger partial charge on any atom is -0.396 e. The Kier molecular flexibility index (Phi) is 3.94. The van der Waals surface area contributed by atoms with Crippen LogP contribution >= 0.6 is 0 Å². The highest BCUT2D eigenvalue weighted by atomic mass is 19.1. The third-order valence-electron chi connectivity index (χ3n) is 3.99. The highest BCUT2D eigenvalue weighted by Gasteiger charge is 2.14. The summed E-state index contributed by atoms with van der Waals surface area (Å²) in [5.41, 5.74) is 5.06. The van der Waals surface area contributed by atoms with E-state index < -0.39 is 0 Å². The number of nitrogens with zero attached hydrogens (tertiary/aromatic N) is 2. The van der Waals surface area contributed by atoms with Gasteiger partial charge in [-0.3, -0.25) is 0 Å². The minimum absolute atomic E-state index is 0.118. The molecular formula is C18H19FN2O. The summed E-state index contributed by atoms with van der Waals surface area (Å²) >= 11 is 0. The molecule has 1 aromatic heterocycles. The largest absolute Gasteiger partial charge is 0.396 e. The number of aliphatic hydroxyl groups is 1. The van der Waals surface area contributed by atoms with Crippen molar-refractivity contribution in [2.45, 2.75) is 26.8 Å². The van der Waals surface area contributed by atoms with Crippen molar-refractivity contribution in [3.8, 4) is 11.4 Å². The number of fused-ring (bicyclic) bond motifs is 1. The fourth-order valence-electron chi connectivity index (χ4n) is 2.68. The molecular weight excluding hydrogens is 279 g/mol. The predicted octanol–water partition coefficient (Wildman–Crippen LogP) is 3.84. The summed E-state index contributed by atoms with van der Waals surface area (Å²) in [5.74, 6) is 0.471. The summed E-state index contributed by atoms with van der Waals surface area (Å²) in [4.78, 5) is 4.69. The first kappa shape index (κ1) is 14.7. The number of rotatable bonds is 4. The zero-order valence-corrected chi connectivity index (χ0v) is 12.8. The Balaban J connectivity index is 2.23. The number of aromatic nitrogens is 2. The zero-order chi connectivity index (χ0) is 15.7.